The van der Waals surface area contributed by atoms with Crippen molar-refractivity contribution in [3.63, 3.8) is 0 Å². The van der Waals surface area contributed by atoms with E-state index in [0.717, 1.165) is 31.1 Å². The molecule has 20 heavy (non-hydrogen) atoms. The molecule has 1 fully saturated rings. The first-order valence-corrected chi connectivity index (χ1v) is 8.35. The molecule has 0 saturated heterocycles. The van der Waals surface area contributed by atoms with Gasteiger partial charge in [-0.15, -0.1) is 0 Å². The van der Waals surface area contributed by atoms with E-state index in [4.69, 9.17) is 5.73 Å². The minimum atomic E-state index is 0.227. The number of hydrogen-bond acceptors (Lipinski definition) is 1. The summed E-state index contributed by atoms with van der Waals surface area (Å²) in [6, 6.07) is 0.236. The minimum absolute atomic E-state index is 0.227. The van der Waals surface area contributed by atoms with E-state index in [9.17, 15) is 0 Å². The van der Waals surface area contributed by atoms with Crippen LogP contribution >= 0.6 is 0 Å². The van der Waals surface area contributed by atoms with Crippen molar-refractivity contribution in [1.82, 2.24) is 0 Å². The molecule has 0 heterocycles. The summed E-state index contributed by atoms with van der Waals surface area (Å²) in [4.78, 5) is 0. The molecule has 0 radical (unpaired) electrons. The van der Waals surface area contributed by atoms with Crippen molar-refractivity contribution < 1.29 is 0 Å². The van der Waals surface area contributed by atoms with Gasteiger partial charge in [0.05, 0.1) is 0 Å². The maximum atomic E-state index is 6.47. The molecule has 1 rings (SSSR count). The van der Waals surface area contributed by atoms with E-state index in [0.29, 0.717) is 5.92 Å². The van der Waals surface area contributed by atoms with E-state index in [1.54, 1.807) is 0 Å². The van der Waals surface area contributed by atoms with Crippen molar-refractivity contribution in [2.24, 2.45) is 28.9 Å². The van der Waals surface area contributed by atoms with Crippen LogP contribution in [0.1, 0.15) is 66.7 Å². The standard InChI is InChI=1S/C19H35N/c1-7-8-9-19(17(6)20,18-11-15(4)12-18)13-16(5)10-14(2)3/h7-8,14-15,17-18H,5,9-13,20H2,1-4,6H3/b8-7-/t15?,17-,18?,19?/m0/s1. The summed E-state index contributed by atoms with van der Waals surface area (Å²) < 4.78 is 0. The van der Waals surface area contributed by atoms with Crippen LogP contribution in [0, 0.1) is 23.2 Å². The number of nitrogens with two attached hydrogens (primary N) is 1. The summed E-state index contributed by atoms with van der Waals surface area (Å²) in [6.07, 6.45) is 10.5. The van der Waals surface area contributed by atoms with Crippen molar-refractivity contribution in [2.45, 2.75) is 72.8 Å². The third kappa shape index (κ3) is 4.22. The van der Waals surface area contributed by atoms with Crippen molar-refractivity contribution in [3.8, 4) is 0 Å². The zero-order valence-corrected chi connectivity index (χ0v) is 14.3. The first-order chi connectivity index (χ1) is 9.31. The second-order valence-corrected chi connectivity index (χ2v) is 7.59. The number of allylic oxidation sites excluding steroid dienone is 3. The summed E-state index contributed by atoms with van der Waals surface area (Å²) in [5, 5.41) is 0. The maximum absolute atomic E-state index is 6.47. The van der Waals surface area contributed by atoms with E-state index in [-0.39, 0.29) is 11.5 Å². The lowest BCUT2D eigenvalue weighted by Gasteiger charge is -2.51. The van der Waals surface area contributed by atoms with Crippen molar-refractivity contribution in [3.05, 3.63) is 24.3 Å². The quantitative estimate of drug-likeness (QED) is 0.597. The van der Waals surface area contributed by atoms with E-state index >= 15 is 0 Å². The van der Waals surface area contributed by atoms with E-state index in [2.05, 4.69) is 53.3 Å². The Bertz CT molecular complexity index is 334. The van der Waals surface area contributed by atoms with E-state index in [1.807, 2.05) is 0 Å². The largest absolute Gasteiger partial charge is 0.327 e. The Hall–Kier alpha value is -0.560. The Morgan fingerprint density at radius 2 is 1.95 bits per heavy atom. The highest BCUT2D eigenvalue weighted by Crippen LogP contribution is 2.52. The Morgan fingerprint density at radius 1 is 1.35 bits per heavy atom. The maximum Gasteiger partial charge on any atom is 0.00757 e. The van der Waals surface area contributed by atoms with Crippen LogP contribution in [-0.4, -0.2) is 6.04 Å². The lowest BCUT2D eigenvalue weighted by Crippen LogP contribution is -2.49. The van der Waals surface area contributed by atoms with Crippen LogP contribution < -0.4 is 5.73 Å². The topological polar surface area (TPSA) is 26.0 Å². The fourth-order valence-corrected chi connectivity index (χ4v) is 3.93. The third-order valence-electron chi connectivity index (χ3n) is 5.10. The van der Waals surface area contributed by atoms with Crippen molar-refractivity contribution >= 4 is 0 Å². The molecule has 1 saturated carbocycles. The number of rotatable bonds is 8. The van der Waals surface area contributed by atoms with Crippen LogP contribution in [0.4, 0.5) is 0 Å². The van der Waals surface area contributed by atoms with Gasteiger partial charge in [0.25, 0.3) is 0 Å². The molecule has 2 atom stereocenters. The molecule has 0 aromatic carbocycles. The molecule has 0 bridgehead atoms. The van der Waals surface area contributed by atoms with Gasteiger partial charge in [0, 0.05) is 6.04 Å². The summed E-state index contributed by atoms with van der Waals surface area (Å²) >= 11 is 0. The first-order valence-electron chi connectivity index (χ1n) is 8.35. The van der Waals surface area contributed by atoms with Crippen LogP contribution in [0.25, 0.3) is 0 Å². The molecule has 0 aliphatic heterocycles. The molecule has 2 N–H and O–H groups in total. The molecule has 1 nitrogen and oxygen atoms in total. The van der Waals surface area contributed by atoms with E-state index < -0.39 is 0 Å². The smallest absolute Gasteiger partial charge is 0.00757 e. The van der Waals surface area contributed by atoms with E-state index in [1.165, 1.54) is 18.4 Å². The highest BCUT2D eigenvalue weighted by molar-refractivity contribution is 5.10. The average molecular weight is 277 g/mol. The first kappa shape index (κ1) is 17.5. The molecule has 1 aliphatic carbocycles. The lowest BCUT2D eigenvalue weighted by atomic mass is 9.55. The molecule has 0 amide bonds. The lowest BCUT2D eigenvalue weighted by molar-refractivity contribution is 0.0245. The SMILES string of the molecule is C=C(CC(C)C)CC(C/C=C\C)(C1CC(C)C1)[C@H](C)N. The average Bonchev–Trinajstić information content (AvgIpc) is 2.29. The van der Waals surface area contributed by atoms with Crippen LogP contribution in [0.5, 0.6) is 0 Å². The van der Waals surface area contributed by atoms with Crippen LogP contribution in [0.2, 0.25) is 0 Å². The molecule has 0 aromatic heterocycles. The van der Waals surface area contributed by atoms with Gasteiger partial charge in [-0.2, -0.15) is 0 Å². The molecular formula is C19H35N. The third-order valence-corrected chi connectivity index (χ3v) is 5.10. The fraction of sp³-hybridized carbons (Fsp3) is 0.789. The second kappa shape index (κ2) is 7.45. The zero-order chi connectivity index (χ0) is 15.3. The van der Waals surface area contributed by atoms with Crippen molar-refractivity contribution in [2.75, 3.05) is 0 Å². The fourth-order valence-electron chi connectivity index (χ4n) is 3.93. The second-order valence-electron chi connectivity index (χ2n) is 7.59. The van der Waals surface area contributed by atoms with Gasteiger partial charge in [-0.25, -0.2) is 0 Å². The molecule has 116 valence electrons. The van der Waals surface area contributed by atoms with Crippen molar-refractivity contribution in [1.29, 1.82) is 0 Å². The Morgan fingerprint density at radius 3 is 2.35 bits per heavy atom. The van der Waals surface area contributed by atoms with Crippen LogP contribution in [0.3, 0.4) is 0 Å². The summed E-state index contributed by atoms with van der Waals surface area (Å²) in [7, 11) is 0. The molecule has 1 aliphatic rings. The van der Waals surface area contributed by atoms with Gasteiger partial charge < -0.3 is 5.73 Å². The number of hydrogen-bond donors (Lipinski definition) is 1. The van der Waals surface area contributed by atoms with Gasteiger partial charge in [0.1, 0.15) is 0 Å². The zero-order valence-electron chi connectivity index (χ0n) is 14.3. The molecule has 1 unspecified atom stereocenters. The van der Waals surface area contributed by atoms with Crippen LogP contribution in [-0.2, 0) is 0 Å². The van der Waals surface area contributed by atoms with Gasteiger partial charge in [-0.3, -0.25) is 0 Å². The molecule has 0 spiro atoms. The van der Waals surface area contributed by atoms with Crippen LogP contribution in [0.15, 0.2) is 24.3 Å². The van der Waals surface area contributed by atoms with Gasteiger partial charge in [0.2, 0.25) is 0 Å². The highest BCUT2D eigenvalue weighted by Gasteiger charge is 2.46. The highest BCUT2D eigenvalue weighted by atomic mass is 14.7. The monoisotopic (exact) mass is 277 g/mol. The predicted octanol–water partition coefficient (Wildman–Crippen LogP) is 5.32. The van der Waals surface area contributed by atoms with Gasteiger partial charge in [-0.05, 0) is 69.1 Å². The van der Waals surface area contributed by atoms with Gasteiger partial charge in [-0.1, -0.05) is 45.1 Å². The molecule has 0 aromatic rings. The predicted molar refractivity (Wildman–Crippen MR) is 90.6 cm³/mol. The summed E-state index contributed by atoms with van der Waals surface area (Å²) in [6.45, 7) is 15.6. The summed E-state index contributed by atoms with van der Waals surface area (Å²) in [5.74, 6) is 2.34. The molecule has 1 heteroatoms. The summed E-state index contributed by atoms with van der Waals surface area (Å²) in [5.41, 5.74) is 8.09. The minimum Gasteiger partial charge on any atom is -0.327 e. The molecular weight excluding hydrogens is 242 g/mol. The van der Waals surface area contributed by atoms with Gasteiger partial charge in [0.15, 0.2) is 0 Å². The van der Waals surface area contributed by atoms with Gasteiger partial charge >= 0.3 is 0 Å². The normalized spacial score (nSPS) is 27.4. The Kier molecular flexibility index (Phi) is 6.51. The Balaban J connectivity index is 2.88. The Labute approximate surface area is 126 Å².